The molecule has 1 aliphatic heterocycles. The van der Waals surface area contributed by atoms with Crippen LogP contribution in [0.5, 0.6) is 0 Å². The first-order chi connectivity index (χ1) is 13.4. The van der Waals surface area contributed by atoms with E-state index in [2.05, 4.69) is 81.8 Å². The molecule has 0 aliphatic carbocycles. The van der Waals surface area contributed by atoms with Crippen LogP contribution in [0.4, 0.5) is 0 Å². The van der Waals surface area contributed by atoms with Crippen molar-refractivity contribution < 1.29 is 0 Å². The van der Waals surface area contributed by atoms with Gasteiger partial charge in [-0.15, -0.1) is 0 Å². The number of nitrogens with zero attached hydrogens (tertiary/aromatic N) is 1. The first-order valence-corrected chi connectivity index (χ1v) is 9.70. The second kappa shape index (κ2) is 5.65. The third-order valence-corrected chi connectivity index (χ3v) is 6.00. The summed E-state index contributed by atoms with van der Waals surface area (Å²) >= 11 is 0. The van der Waals surface area contributed by atoms with Crippen molar-refractivity contribution in [1.29, 1.82) is 0 Å². The standard InChI is InChI=1S/C24H21N3/c1-2-9-23-20(7-1)22(14-26-23)21-13-25-12-17(21)11-18-15-27-10-4-6-16-5-3-8-19(18)24(16)27/h1-3,5,7-9,12-15,25-26H,4,6,10-11H2. The lowest BCUT2D eigenvalue weighted by atomic mass is 9.97. The van der Waals surface area contributed by atoms with Crippen LogP contribution in [0.1, 0.15) is 23.1 Å². The number of hydrogen-bond acceptors (Lipinski definition) is 0. The van der Waals surface area contributed by atoms with Gasteiger partial charge < -0.3 is 14.5 Å². The van der Waals surface area contributed by atoms with Crippen molar-refractivity contribution in [2.75, 3.05) is 0 Å². The number of hydrogen-bond donors (Lipinski definition) is 2. The van der Waals surface area contributed by atoms with Crippen LogP contribution in [0.3, 0.4) is 0 Å². The van der Waals surface area contributed by atoms with Crippen LogP contribution < -0.4 is 0 Å². The molecular formula is C24H21N3. The molecule has 27 heavy (non-hydrogen) atoms. The van der Waals surface area contributed by atoms with Gasteiger partial charge in [0, 0.05) is 65.2 Å². The number of benzene rings is 2. The van der Waals surface area contributed by atoms with Crippen LogP contribution in [0.25, 0.3) is 32.9 Å². The van der Waals surface area contributed by atoms with E-state index in [9.17, 15) is 0 Å². The van der Waals surface area contributed by atoms with Gasteiger partial charge in [0.1, 0.15) is 0 Å². The Morgan fingerprint density at radius 3 is 2.78 bits per heavy atom. The molecular weight excluding hydrogens is 330 g/mol. The Labute approximate surface area is 157 Å². The van der Waals surface area contributed by atoms with Crippen LogP contribution in [-0.2, 0) is 19.4 Å². The molecule has 2 N–H and O–H groups in total. The summed E-state index contributed by atoms with van der Waals surface area (Å²) < 4.78 is 2.46. The predicted molar refractivity (Wildman–Crippen MR) is 111 cm³/mol. The van der Waals surface area contributed by atoms with E-state index in [1.165, 1.54) is 62.5 Å². The Kier molecular flexibility index (Phi) is 3.12. The highest BCUT2D eigenvalue weighted by molar-refractivity contribution is 5.96. The van der Waals surface area contributed by atoms with E-state index in [1.807, 2.05) is 0 Å². The molecule has 3 aromatic heterocycles. The average molecular weight is 351 g/mol. The van der Waals surface area contributed by atoms with E-state index in [4.69, 9.17) is 0 Å². The normalized spacial score (nSPS) is 13.6. The Bertz CT molecular complexity index is 1280. The molecule has 0 amide bonds. The smallest absolute Gasteiger partial charge is 0.0515 e. The lowest BCUT2D eigenvalue weighted by Gasteiger charge is -2.14. The van der Waals surface area contributed by atoms with E-state index >= 15 is 0 Å². The minimum atomic E-state index is 0.950. The number of rotatable bonds is 3. The fourth-order valence-corrected chi connectivity index (χ4v) is 4.76. The van der Waals surface area contributed by atoms with Crippen LogP contribution in [0.2, 0.25) is 0 Å². The van der Waals surface area contributed by atoms with Crippen molar-refractivity contribution in [2.45, 2.75) is 25.8 Å². The Morgan fingerprint density at radius 1 is 0.852 bits per heavy atom. The second-order valence-electron chi connectivity index (χ2n) is 7.58. The molecule has 5 aromatic rings. The number of fused-ring (bicyclic) bond motifs is 1. The number of aromatic amines is 2. The van der Waals surface area contributed by atoms with Crippen LogP contribution >= 0.6 is 0 Å². The minimum Gasteiger partial charge on any atom is -0.367 e. The molecule has 132 valence electrons. The maximum Gasteiger partial charge on any atom is 0.0515 e. The van der Waals surface area contributed by atoms with Gasteiger partial charge in [-0.2, -0.15) is 0 Å². The van der Waals surface area contributed by atoms with Gasteiger partial charge in [-0.1, -0.05) is 36.4 Å². The topological polar surface area (TPSA) is 36.5 Å². The fraction of sp³-hybridized carbons (Fsp3) is 0.167. The van der Waals surface area contributed by atoms with Gasteiger partial charge in [0.2, 0.25) is 0 Å². The van der Waals surface area contributed by atoms with Gasteiger partial charge in [-0.25, -0.2) is 0 Å². The van der Waals surface area contributed by atoms with Gasteiger partial charge in [-0.05, 0) is 35.6 Å². The van der Waals surface area contributed by atoms with Crippen LogP contribution in [-0.4, -0.2) is 14.5 Å². The first kappa shape index (κ1) is 14.9. The fourth-order valence-electron chi connectivity index (χ4n) is 4.76. The molecule has 0 saturated heterocycles. The molecule has 0 radical (unpaired) electrons. The summed E-state index contributed by atoms with van der Waals surface area (Å²) in [5.74, 6) is 0. The van der Waals surface area contributed by atoms with E-state index in [0.717, 1.165) is 13.0 Å². The van der Waals surface area contributed by atoms with Crippen molar-refractivity contribution in [3.63, 3.8) is 0 Å². The van der Waals surface area contributed by atoms with Gasteiger partial charge in [0.15, 0.2) is 0 Å². The SMILES string of the molecule is c1ccc2c(-c3c[nH]cc3Cc3cn4c5c(cccc35)CCC4)c[nH]c2c1. The van der Waals surface area contributed by atoms with Crippen molar-refractivity contribution in [3.8, 4) is 11.1 Å². The summed E-state index contributed by atoms with van der Waals surface area (Å²) in [6, 6.07) is 15.3. The molecule has 0 bridgehead atoms. The summed E-state index contributed by atoms with van der Waals surface area (Å²) in [7, 11) is 0. The minimum absolute atomic E-state index is 0.950. The predicted octanol–water partition coefficient (Wildman–Crippen LogP) is 5.65. The summed E-state index contributed by atoms with van der Waals surface area (Å²) in [6.45, 7) is 1.13. The van der Waals surface area contributed by atoms with Gasteiger partial charge in [0.05, 0.1) is 5.52 Å². The van der Waals surface area contributed by atoms with E-state index in [0.29, 0.717) is 0 Å². The maximum atomic E-state index is 3.41. The zero-order valence-electron chi connectivity index (χ0n) is 15.1. The van der Waals surface area contributed by atoms with Crippen molar-refractivity contribution in [1.82, 2.24) is 14.5 Å². The molecule has 0 spiro atoms. The molecule has 3 nitrogen and oxygen atoms in total. The number of H-pyrrole nitrogens is 2. The molecule has 0 unspecified atom stereocenters. The zero-order valence-corrected chi connectivity index (χ0v) is 15.1. The van der Waals surface area contributed by atoms with Crippen molar-refractivity contribution in [3.05, 3.63) is 83.9 Å². The number of nitrogens with one attached hydrogen (secondary N) is 2. The van der Waals surface area contributed by atoms with Gasteiger partial charge in [0.25, 0.3) is 0 Å². The second-order valence-corrected chi connectivity index (χ2v) is 7.58. The van der Waals surface area contributed by atoms with Gasteiger partial charge >= 0.3 is 0 Å². The van der Waals surface area contributed by atoms with Crippen LogP contribution in [0.15, 0.2) is 67.3 Å². The van der Waals surface area contributed by atoms with E-state index in [1.54, 1.807) is 0 Å². The summed E-state index contributed by atoms with van der Waals surface area (Å²) in [5, 5.41) is 2.69. The lowest BCUT2D eigenvalue weighted by Crippen LogP contribution is -2.05. The number of aromatic nitrogens is 3. The van der Waals surface area contributed by atoms with Crippen LogP contribution in [0, 0.1) is 0 Å². The molecule has 2 aromatic carbocycles. The van der Waals surface area contributed by atoms with Crippen molar-refractivity contribution >= 4 is 21.8 Å². The third-order valence-electron chi connectivity index (χ3n) is 6.00. The zero-order chi connectivity index (χ0) is 17.8. The quantitative estimate of drug-likeness (QED) is 0.421. The number of para-hydroxylation sites is 2. The number of aryl methyl sites for hydroxylation is 2. The highest BCUT2D eigenvalue weighted by Crippen LogP contribution is 2.35. The summed E-state index contributed by atoms with van der Waals surface area (Å²) in [5.41, 5.74) is 9.47. The highest BCUT2D eigenvalue weighted by Gasteiger charge is 2.18. The summed E-state index contributed by atoms with van der Waals surface area (Å²) in [6.07, 6.45) is 12.2. The molecule has 0 atom stereocenters. The van der Waals surface area contributed by atoms with Crippen molar-refractivity contribution in [2.24, 2.45) is 0 Å². The Hall–Kier alpha value is -3.20. The average Bonchev–Trinajstić information content (AvgIpc) is 3.41. The monoisotopic (exact) mass is 351 g/mol. The Balaban J connectivity index is 1.47. The van der Waals surface area contributed by atoms with Gasteiger partial charge in [-0.3, -0.25) is 0 Å². The highest BCUT2D eigenvalue weighted by atomic mass is 15.0. The lowest BCUT2D eigenvalue weighted by molar-refractivity contribution is 0.635. The first-order valence-electron chi connectivity index (χ1n) is 9.70. The largest absolute Gasteiger partial charge is 0.367 e. The molecule has 1 aliphatic rings. The van der Waals surface area contributed by atoms with E-state index < -0.39 is 0 Å². The third kappa shape index (κ3) is 2.21. The molecule has 4 heterocycles. The molecule has 0 fully saturated rings. The molecule has 6 rings (SSSR count). The summed E-state index contributed by atoms with van der Waals surface area (Å²) in [4.78, 5) is 6.75. The molecule has 3 heteroatoms. The Morgan fingerprint density at radius 2 is 1.78 bits per heavy atom. The maximum absolute atomic E-state index is 3.41. The molecule has 0 saturated carbocycles. The van der Waals surface area contributed by atoms with E-state index in [-0.39, 0.29) is 0 Å².